The van der Waals surface area contributed by atoms with Crippen molar-refractivity contribution in [3.05, 3.63) is 65.9 Å². The highest BCUT2D eigenvalue weighted by Crippen LogP contribution is 2.24. The minimum Gasteiger partial charge on any atom is -0.496 e. The number of ether oxygens (including phenoxy) is 2. The molecule has 0 radical (unpaired) electrons. The number of nitrogens with one attached hydrogen (secondary N) is 1. The van der Waals surface area contributed by atoms with Gasteiger partial charge in [-0.2, -0.15) is 0 Å². The first-order valence-electron chi connectivity index (χ1n) is 9.37. The zero-order valence-corrected chi connectivity index (χ0v) is 16.1. The van der Waals surface area contributed by atoms with Crippen LogP contribution in [0.3, 0.4) is 0 Å². The molecule has 2 heterocycles. The van der Waals surface area contributed by atoms with Crippen LogP contribution < -0.4 is 10.1 Å². The fourth-order valence-corrected chi connectivity index (χ4v) is 3.32. The maximum Gasteiger partial charge on any atom is 0.255 e. The van der Waals surface area contributed by atoms with Crippen molar-refractivity contribution < 1.29 is 19.1 Å². The van der Waals surface area contributed by atoms with E-state index >= 15 is 0 Å². The van der Waals surface area contributed by atoms with Crippen molar-refractivity contribution >= 4 is 28.4 Å². The normalized spacial score (nSPS) is 13.9. The molecular weight excluding hydrogens is 370 g/mol. The van der Waals surface area contributed by atoms with E-state index in [4.69, 9.17) is 9.47 Å². The molecule has 1 N–H and O–H groups in total. The number of hydrogen-bond acceptors (Lipinski definition) is 5. The molecule has 1 aliphatic heterocycles. The average molecular weight is 391 g/mol. The molecule has 2 amide bonds. The molecule has 1 saturated heterocycles. The van der Waals surface area contributed by atoms with Gasteiger partial charge >= 0.3 is 0 Å². The molecule has 0 aliphatic carbocycles. The van der Waals surface area contributed by atoms with Gasteiger partial charge in [0.1, 0.15) is 5.75 Å². The zero-order valence-electron chi connectivity index (χ0n) is 16.1. The molecule has 1 aliphatic rings. The highest BCUT2D eigenvalue weighted by molar-refractivity contribution is 6.07. The summed E-state index contributed by atoms with van der Waals surface area (Å²) in [5.74, 6) is 0.371. The van der Waals surface area contributed by atoms with Gasteiger partial charge in [0.2, 0.25) is 0 Å². The topological polar surface area (TPSA) is 80.8 Å². The lowest BCUT2D eigenvalue weighted by Gasteiger charge is -2.27. The number of rotatable bonds is 4. The second-order valence-corrected chi connectivity index (χ2v) is 6.68. The van der Waals surface area contributed by atoms with E-state index < -0.39 is 0 Å². The Bertz CT molecular complexity index is 1060. The van der Waals surface area contributed by atoms with Crippen LogP contribution in [0.5, 0.6) is 5.75 Å². The van der Waals surface area contributed by atoms with Gasteiger partial charge in [-0.15, -0.1) is 0 Å². The predicted molar refractivity (Wildman–Crippen MR) is 109 cm³/mol. The van der Waals surface area contributed by atoms with Crippen molar-refractivity contribution in [2.24, 2.45) is 0 Å². The fraction of sp³-hybridized carbons (Fsp3) is 0.227. The number of hydrogen-bond donors (Lipinski definition) is 1. The molecular formula is C22H21N3O4. The smallest absolute Gasteiger partial charge is 0.255 e. The molecule has 7 nitrogen and oxygen atoms in total. The predicted octanol–water partition coefficient (Wildman–Crippen LogP) is 2.97. The molecule has 148 valence electrons. The number of carbonyl (C=O) groups is 2. The lowest BCUT2D eigenvalue weighted by atomic mass is 10.1. The number of nitrogens with zero attached hydrogens (tertiary/aromatic N) is 2. The summed E-state index contributed by atoms with van der Waals surface area (Å²) in [5.41, 5.74) is 2.25. The van der Waals surface area contributed by atoms with Gasteiger partial charge in [-0.05, 0) is 42.5 Å². The first-order valence-corrected chi connectivity index (χ1v) is 9.37. The van der Waals surface area contributed by atoms with Gasteiger partial charge in [0, 0.05) is 41.5 Å². The number of morpholine rings is 1. The van der Waals surface area contributed by atoms with Gasteiger partial charge in [0.05, 0.1) is 25.8 Å². The maximum absolute atomic E-state index is 12.7. The van der Waals surface area contributed by atoms with Crippen molar-refractivity contribution in [2.75, 3.05) is 38.7 Å². The first kappa shape index (κ1) is 18.9. The molecule has 29 heavy (non-hydrogen) atoms. The van der Waals surface area contributed by atoms with Crippen molar-refractivity contribution in [1.82, 2.24) is 9.88 Å². The van der Waals surface area contributed by atoms with Crippen LogP contribution in [0.2, 0.25) is 0 Å². The molecule has 1 fully saturated rings. The van der Waals surface area contributed by atoms with E-state index in [1.165, 1.54) is 0 Å². The maximum atomic E-state index is 12.7. The Morgan fingerprint density at radius 2 is 1.90 bits per heavy atom. The Kier molecular flexibility index (Phi) is 5.39. The summed E-state index contributed by atoms with van der Waals surface area (Å²) in [6, 6.07) is 14.0. The third-order valence-corrected chi connectivity index (χ3v) is 4.85. The van der Waals surface area contributed by atoms with Crippen molar-refractivity contribution in [3.63, 3.8) is 0 Å². The summed E-state index contributed by atoms with van der Waals surface area (Å²) >= 11 is 0. The number of fused-ring (bicyclic) bond motifs is 1. The molecule has 0 unspecified atom stereocenters. The largest absolute Gasteiger partial charge is 0.496 e. The van der Waals surface area contributed by atoms with E-state index in [0.29, 0.717) is 54.4 Å². The van der Waals surface area contributed by atoms with Gasteiger partial charge < -0.3 is 19.7 Å². The van der Waals surface area contributed by atoms with Crippen molar-refractivity contribution in [3.8, 4) is 5.75 Å². The first-order chi connectivity index (χ1) is 14.2. The molecule has 7 heteroatoms. The van der Waals surface area contributed by atoms with Gasteiger partial charge in [-0.1, -0.05) is 6.07 Å². The van der Waals surface area contributed by atoms with Gasteiger partial charge in [0.15, 0.2) is 0 Å². The molecule has 0 bridgehead atoms. The van der Waals surface area contributed by atoms with E-state index in [9.17, 15) is 9.59 Å². The molecule has 0 saturated carbocycles. The summed E-state index contributed by atoms with van der Waals surface area (Å²) in [5, 5.41) is 3.69. The van der Waals surface area contributed by atoms with Crippen molar-refractivity contribution in [2.45, 2.75) is 0 Å². The lowest BCUT2D eigenvalue weighted by Crippen LogP contribution is -2.40. The number of methoxy groups -OCH3 is 1. The Hall–Kier alpha value is -3.45. The Labute approximate surface area is 168 Å². The average Bonchev–Trinajstić information content (AvgIpc) is 2.78. The van der Waals surface area contributed by atoms with Crippen LogP contribution in [0, 0.1) is 0 Å². The van der Waals surface area contributed by atoms with Gasteiger partial charge in [-0.3, -0.25) is 14.6 Å². The number of aromatic nitrogens is 1. The van der Waals surface area contributed by atoms with E-state index in [1.54, 1.807) is 60.7 Å². The standard InChI is InChI=1S/C22H21N3O4/c1-28-20-7-8-23-19-14-15(5-6-18(19)20)21(26)24-17-4-2-3-16(13-17)22(27)25-9-11-29-12-10-25/h2-8,13-14H,9-12H2,1H3,(H,24,26). The van der Waals surface area contributed by atoms with Crippen LogP contribution in [-0.2, 0) is 4.74 Å². The molecule has 0 spiro atoms. The third-order valence-electron chi connectivity index (χ3n) is 4.85. The number of benzene rings is 2. The highest BCUT2D eigenvalue weighted by Gasteiger charge is 2.19. The van der Waals surface area contributed by atoms with Crippen LogP contribution in [0.25, 0.3) is 10.9 Å². The summed E-state index contributed by atoms with van der Waals surface area (Å²) in [4.78, 5) is 31.4. The summed E-state index contributed by atoms with van der Waals surface area (Å²) in [6.07, 6.45) is 1.64. The summed E-state index contributed by atoms with van der Waals surface area (Å²) in [6.45, 7) is 2.23. The highest BCUT2D eigenvalue weighted by atomic mass is 16.5. The number of amides is 2. The Balaban J connectivity index is 1.52. The van der Waals surface area contributed by atoms with Gasteiger partial charge in [-0.25, -0.2) is 0 Å². The number of pyridine rings is 1. The molecule has 0 atom stereocenters. The van der Waals surface area contributed by atoms with Crippen LogP contribution in [0.1, 0.15) is 20.7 Å². The van der Waals surface area contributed by atoms with E-state index in [0.717, 1.165) is 5.39 Å². The number of anilines is 1. The van der Waals surface area contributed by atoms with Gasteiger partial charge in [0.25, 0.3) is 11.8 Å². The summed E-state index contributed by atoms with van der Waals surface area (Å²) in [7, 11) is 1.60. The minimum absolute atomic E-state index is 0.0635. The molecule has 2 aromatic carbocycles. The molecule has 4 rings (SSSR count). The second-order valence-electron chi connectivity index (χ2n) is 6.68. The van der Waals surface area contributed by atoms with Crippen LogP contribution >= 0.6 is 0 Å². The minimum atomic E-state index is -0.271. The SMILES string of the molecule is COc1ccnc2cc(C(=O)Nc3cccc(C(=O)N4CCOCC4)c3)ccc12. The third kappa shape index (κ3) is 4.05. The second kappa shape index (κ2) is 8.28. The number of carbonyl (C=O) groups excluding carboxylic acids is 2. The lowest BCUT2D eigenvalue weighted by molar-refractivity contribution is 0.0303. The van der Waals surface area contributed by atoms with Crippen LogP contribution in [0.4, 0.5) is 5.69 Å². The quantitative estimate of drug-likeness (QED) is 0.740. The Morgan fingerprint density at radius 3 is 2.69 bits per heavy atom. The summed E-state index contributed by atoms with van der Waals surface area (Å²) < 4.78 is 10.6. The van der Waals surface area contributed by atoms with E-state index in [2.05, 4.69) is 10.3 Å². The molecule has 3 aromatic rings. The zero-order chi connectivity index (χ0) is 20.2. The molecule has 1 aromatic heterocycles. The van der Waals surface area contributed by atoms with E-state index in [-0.39, 0.29) is 11.8 Å². The van der Waals surface area contributed by atoms with E-state index in [1.807, 2.05) is 6.07 Å². The van der Waals surface area contributed by atoms with Crippen LogP contribution in [-0.4, -0.2) is 55.1 Å². The van der Waals surface area contributed by atoms with Crippen LogP contribution in [0.15, 0.2) is 54.7 Å². The fourth-order valence-electron chi connectivity index (χ4n) is 3.32. The van der Waals surface area contributed by atoms with Crippen molar-refractivity contribution in [1.29, 1.82) is 0 Å². The monoisotopic (exact) mass is 391 g/mol. The Morgan fingerprint density at radius 1 is 1.07 bits per heavy atom.